The van der Waals surface area contributed by atoms with E-state index in [9.17, 15) is 15.0 Å². The number of ether oxygens (including phenoxy) is 2. The van der Waals surface area contributed by atoms with Crippen molar-refractivity contribution < 1.29 is 28.9 Å². The van der Waals surface area contributed by atoms with Crippen molar-refractivity contribution in [3.63, 3.8) is 0 Å². The van der Waals surface area contributed by atoms with Crippen molar-refractivity contribution in [2.24, 2.45) is 5.73 Å². The molecule has 0 saturated carbocycles. The van der Waals surface area contributed by atoms with Crippen LogP contribution in [0.5, 0.6) is 0 Å². The quantitative estimate of drug-likeness (QED) is 0.373. The van der Waals surface area contributed by atoms with Crippen LogP contribution < -0.4 is 5.73 Å². The number of nitrogens with zero attached hydrogens (tertiary/aromatic N) is 5. The number of para-hydroxylation sites is 2. The lowest BCUT2D eigenvalue weighted by Gasteiger charge is -2.19. The molecule has 2 saturated heterocycles. The predicted molar refractivity (Wildman–Crippen MR) is 127 cm³/mol. The Morgan fingerprint density at radius 2 is 1.94 bits per heavy atom. The summed E-state index contributed by atoms with van der Waals surface area (Å²) in [4.78, 5) is 27.1. The Balaban J connectivity index is 0.000000623. The highest BCUT2D eigenvalue weighted by molar-refractivity contribution is 5.74. The van der Waals surface area contributed by atoms with E-state index in [0.29, 0.717) is 35.5 Å². The second kappa shape index (κ2) is 9.99. The number of benzene rings is 1. The number of carbonyl (C=O) groups excluding carboxylic acids is 1. The maximum Gasteiger partial charge on any atom is 0.215 e. The molecule has 0 radical (unpaired) electrons. The first kappa shape index (κ1) is 24.4. The number of rotatable bonds is 4. The fraction of sp³-hybridized carbons (Fsp3) is 0.458. The van der Waals surface area contributed by atoms with E-state index in [1.807, 2.05) is 18.2 Å². The van der Waals surface area contributed by atoms with Gasteiger partial charge in [-0.2, -0.15) is 0 Å². The van der Waals surface area contributed by atoms with Gasteiger partial charge < -0.3 is 34.6 Å². The number of hydrogen-bond donors (Lipinski definition) is 3. The third kappa shape index (κ3) is 4.49. The van der Waals surface area contributed by atoms with Crippen LogP contribution in [0.2, 0.25) is 0 Å². The summed E-state index contributed by atoms with van der Waals surface area (Å²) in [5, 5.41) is 21.5. The molecular formula is C24H28N6O6. The van der Waals surface area contributed by atoms with Gasteiger partial charge in [0.1, 0.15) is 47.5 Å². The minimum absolute atomic E-state index is 0.143. The van der Waals surface area contributed by atoms with Crippen molar-refractivity contribution in [2.75, 3.05) is 13.2 Å². The third-order valence-corrected chi connectivity index (χ3v) is 6.20. The number of carbonyl (C=O) groups is 1. The average Bonchev–Trinajstić information content (AvgIpc) is 3.65. The number of hydrogen-bond acceptors (Lipinski definition) is 11. The van der Waals surface area contributed by atoms with Crippen molar-refractivity contribution in [1.29, 1.82) is 0 Å². The first-order chi connectivity index (χ1) is 17.3. The highest BCUT2D eigenvalue weighted by atomic mass is 16.6. The van der Waals surface area contributed by atoms with Crippen LogP contribution in [0.15, 0.2) is 41.3 Å². The lowest BCUT2D eigenvalue weighted by molar-refractivity contribution is -0.115. The Morgan fingerprint density at radius 1 is 1.17 bits per heavy atom. The molecule has 2 aliphatic rings. The van der Waals surface area contributed by atoms with E-state index < -0.39 is 30.6 Å². The van der Waals surface area contributed by atoms with Gasteiger partial charge in [-0.25, -0.2) is 19.9 Å². The van der Waals surface area contributed by atoms with E-state index >= 15 is 0 Å². The largest absolute Gasteiger partial charge is 0.439 e. The second-order valence-electron chi connectivity index (χ2n) is 9.07. The zero-order chi connectivity index (χ0) is 25.4. The smallest absolute Gasteiger partial charge is 0.215 e. The molecule has 2 aliphatic heterocycles. The number of aliphatic hydroxyl groups excluding tert-OH is 2. The minimum atomic E-state index is -1.26. The van der Waals surface area contributed by atoms with Crippen molar-refractivity contribution in [2.45, 2.75) is 56.8 Å². The minimum Gasteiger partial charge on any atom is -0.439 e. The Bertz CT molecular complexity index is 1330. The molecule has 36 heavy (non-hydrogen) atoms. The van der Waals surface area contributed by atoms with Gasteiger partial charge in [-0.1, -0.05) is 12.1 Å². The summed E-state index contributed by atoms with van der Waals surface area (Å²) < 4.78 is 18.8. The molecule has 2 unspecified atom stereocenters. The summed E-state index contributed by atoms with van der Waals surface area (Å²) in [7, 11) is 0. The second-order valence-corrected chi connectivity index (χ2v) is 9.07. The van der Waals surface area contributed by atoms with Gasteiger partial charge in [-0.05, 0) is 32.4 Å². The lowest BCUT2D eigenvalue weighted by atomic mass is 10.0. The number of ketones is 1. The number of imidazole rings is 1. The van der Waals surface area contributed by atoms with E-state index in [4.69, 9.17) is 19.6 Å². The zero-order valence-electron chi connectivity index (χ0n) is 19.9. The molecule has 3 aromatic heterocycles. The maximum absolute atomic E-state index is 10.8. The number of fused-ring (bicyclic) bond motifs is 2. The van der Waals surface area contributed by atoms with Gasteiger partial charge in [0.25, 0.3) is 0 Å². The van der Waals surface area contributed by atoms with Crippen LogP contribution in [-0.2, 0) is 14.3 Å². The summed E-state index contributed by atoms with van der Waals surface area (Å²) in [5.41, 5.74) is 9.52. The van der Waals surface area contributed by atoms with Gasteiger partial charge in [-0.3, -0.25) is 4.57 Å². The summed E-state index contributed by atoms with van der Waals surface area (Å²) in [6.45, 7) is 4.32. The fourth-order valence-electron chi connectivity index (χ4n) is 4.49. The van der Waals surface area contributed by atoms with Crippen LogP contribution in [0, 0.1) is 0 Å². The van der Waals surface area contributed by atoms with Crippen LogP contribution in [0.1, 0.15) is 50.0 Å². The molecule has 5 heterocycles. The molecule has 4 aromatic rings. The molecule has 0 bridgehead atoms. The molecule has 0 amide bonds. The Hall–Kier alpha value is -3.29. The summed E-state index contributed by atoms with van der Waals surface area (Å²) in [6.07, 6.45) is -0.516. The Labute approximate surface area is 206 Å². The van der Waals surface area contributed by atoms with Gasteiger partial charge in [-0.15, -0.1) is 0 Å². The van der Waals surface area contributed by atoms with Gasteiger partial charge >= 0.3 is 0 Å². The number of aliphatic hydroxyl groups is 2. The normalized spacial score (nSPS) is 26.8. The molecular weight excluding hydrogens is 468 g/mol. The zero-order valence-corrected chi connectivity index (χ0v) is 19.9. The molecule has 12 heteroatoms. The lowest BCUT2D eigenvalue weighted by Crippen LogP contribution is -2.38. The molecule has 6 rings (SSSR count). The summed E-state index contributed by atoms with van der Waals surface area (Å²) in [5.74, 6) is 0.536. The standard InChI is InChI=1S/C21H22N6O5.C3H6O/c22-13(20-26-11-3-1-2-4-12(11)31-20)18-16(28)17(29)21(32-18)27-9-25-15-14(10-5-6-30-7-10)23-8-24-19(15)27;1-3(2)4/h1-4,8-10,13,16-18,21,28-29H,5-7,22H2;1-2H3/t10?,13?,16-,17+,18-,21-;/m1./s1. The van der Waals surface area contributed by atoms with E-state index in [0.717, 1.165) is 12.1 Å². The highest BCUT2D eigenvalue weighted by Crippen LogP contribution is 2.37. The topological polar surface area (TPSA) is 172 Å². The van der Waals surface area contributed by atoms with E-state index in [1.54, 1.807) is 10.6 Å². The molecule has 1 aromatic carbocycles. The predicted octanol–water partition coefficient (Wildman–Crippen LogP) is 1.39. The van der Waals surface area contributed by atoms with Gasteiger partial charge in [0.2, 0.25) is 5.89 Å². The van der Waals surface area contributed by atoms with Crippen LogP contribution in [0.25, 0.3) is 22.3 Å². The molecule has 0 spiro atoms. The molecule has 6 atom stereocenters. The van der Waals surface area contributed by atoms with Gasteiger partial charge in [0.15, 0.2) is 17.5 Å². The molecule has 0 aliphatic carbocycles. The third-order valence-electron chi connectivity index (χ3n) is 6.20. The van der Waals surface area contributed by atoms with E-state index in [2.05, 4.69) is 19.9 Å². The Kier molecular flexibility index (Phi) is 6.77. The van der Waals surface area contributed by atoms with Crippen molar-refractivity contribution in [3.8, 4) is 0 Å². The number of nitrogens with two attached hydrogens (primary N) is 1. The first-order valence-corrected chi connectivity index (χ1v) is 11.7. The molecule has 190 valence electrons. The number of oxazole rings is 1. The number of aromatic nitrogens is 5. The molecule has 2 fully saturated rings. The van der Waals surface area contributed by atoms with Crippen molar-refractivity contribution in [1.82, 2.24) is 24.5 Å². The van der Waals surface area contributed by atoms with Crippen LogP contribution in [0.3, 0.4) is 0 Å². The van der Waals surface area contributed by atoms with Crippen molar-refractivity contribution >= 4 is 28.0 Å². The Morgan fingerprint density at radius 3 is 2.67 bits per heavy atom. The highest BCUT2D eigenvalue weighted by Gasteiger charge is 2.48. The maximum atomic E-state index is 10.8. The van der Waals surface area contributed by atoms with Crippen molar-refractivity contribution in [3.05, 3.63) is 48.5 Å². The molecule has 4 N–H and O–H groups in total. The van der Waals surface area contributed by atoms with Crippen LogP contribution >= 0.6 is 0 Å². The van der Waals surface area contributed by atoms with Gasteiger partial charge in [0, 0.05) is 12.5 Å². The van der Waals surface area contributed by atoms with Crippen LogP contribution in [0.4, 0.5) is 0 Å². The monoisotopic (exact) mass is 496 g/mol. The summed E-state index contributed by atoms with van der Waals surface area (Å²) >= 11 is 0. The van der Waals surface area contributed by atoms with E-state index in [1.165, 1.54) is 26.5 Å². The first-order valence-electron chi connectivity index (χ1n) is 11.7. The average molecular weight is 497 g/mol. The van der Waals surface area contributed by atoms with Crippen LogP contribution in [-0.4, -0.2) is 72.0 Å². The fourth-order valence-corrected chi connectivity index (χ4v) is 4.49. The van der Waals surface area contributed by atoms with E-state index in [-0.39, 0.29) is 17.6 Å². The molecule has 12 nitrogen and oxygen atoms in total. The SMILES string of the molecule is CC(C)=O.NC(c1nc2ccccc2o1)[C@H]1O[C@@H](n2cnc3c(C4CCOC4)ncnc32)[C@@H](O)[C@H]1O. The van der Waals surface area contributed by atoms with Gasteiger partial charge in [0.05, 0.1) is 18.6 Å². The number of Topliss-reactive ketones (excluding diaryl/α,β-unsaturated/α-hetero) is 1. The summed E-state index contributed by atoms with van der Waals surface area (Å²) in [6, 6.07) is 6.39.